The Morgan fingerprint density at radius 2 is 1.91 bits per heavy atom. The fourth-order valence-electron chi connectivity index (χ4n) is 2.44. The molecule has 3 rings (SSSR count). The summed E-state index contributed by atoms with van der Waals surface area (Å²) in [7, 11) is 0. The van der Waals surface area contributed by atoms with Crippen LogP contribution in [0.5, 0.6) is 17.2 Å². The van der Waals surface area contributed by atoms with Crippen molar-refractivity contribution in [3.8, 4) is 23.3 Å². The highest BCUT2D eigenvalue weighted by molar-refractivity contribution is 5.46. The van der Waals surface area contributed by atoms with E-state index in [1.54, 1.807) is 0 Å². The topological polar surface area (TPSA) is 51.5 Å². The molecular formula is C18H17NO3. The lowest BCUT2D eigenvalue weighted by Crippen LogP contribution is -2.02. The molecule has 0 aromatic heterocycles. The van der Waals surface area contributed by atoms with Gasteiger partial charge in [-0.3, -0.25) is 0 Å². The maximum absolute atomic E-state index is 9.28. The Balaban J connectivity index is 1.48. The molecule has 4 heteroatoms. The Morgan fingerprint density at radius 1 is 1.09 bits per heavy atom. The highest BCUT2D eigenvalue weighted by atomic mass is 16.7. The van der Waals surface area contributed by atoms with Crippen LogP contribution in [-0.2, 0) is 0 Å². The zero-order valence-electron chi connectivity index (χ0n) is 12.2. The van der Waals surface area contributed by atoms with Crippen LogP contribution in [0.2, 0.25) is 0 Å². The molecule has 2 aromatic carbocycles. The van der Waals surface area contributed by atoms with Crippen LogP contribution in [0.25, 0.3) is 0 Å². The number of nitriles is 1. The first-order valence-electron chi connectivity index (χ1n) is 7.34. The molecule has 0 saturated carbocycles. The summed E-state index contributed by atoms with van der Waals surface area (Å²) >= 11 is 0. The lowest BCUT2D eigenvalue weighted by molar-refractivity contribution is 0.173. The van der Waals surface area contributed by atoms with Gasteiger partial charge in [0.2, 0.25) is 6.79 Å². The van der Waals surface area contributed by atoms with Crippen LogP contribution in [0.15, 0.2) is 48.5 Å². The van der Waals surface area contributed by atoms with Gasteiger partial charge in [0, 0.05) is 6.07 Å². The number of hydrogen-bond donors (Lipinski definition) is 0. The molecule has 112 valence electrons. The lowest BCUT2D eigenvalue weighted by atomic mass is 9.96. The smallest absolute Gasteiger partial charge is 0.231 e. The summed E-state index contributed by atoms with van der Waals surface area (Å²) in [5, 5.41) is 9.28. The number of benzene rings is 2. The van der Waals surface area contributed by atoms with Gasteiger partial charge in [-0.15, -0.1) is 0 Å². The van der Waals surface area contributed by atoms with Crippen LogP contribution in [0.3, 0.4) is 0 Å². The van der Waals surface area contributed by atoms with Gasteiger partial charge in [0.15, 0.2) is 11.5 Å². The Hall–Kier alpha value is -2.67. The molecule has 0 radical (unpaired) electrons. The summed E-state index contributed by atoms with van der Waals surface area (Å²) in [6.07, 6.45) is 1.60. The molecule has 0 spiro atoms. The van der Waals surface area contributed by atoms with Crippen LogP contribution in [-0.4, -0.2) is 13.4 Å². The van der Waals surface area contributed by atoms with Crippen molar-refractivity contribution < 1.29 is 14.2 Å². The van der Waals surface area contributed by atoms with Crippen LogP contribution in [0, 0.1) is 11.3 Å². The van der Waals surface area contributed by atoms with E-state index < -0.39 is 0 Å². The van der Waals surface area contributed by atoms with E-state index >= 15 is 0 Å². The van der Waals surface area contributed by atoms with Crippen LogP contribution in [0.4, 0.5) is 0 Å². The first kappa shape index (κ1) is 14.3. The van der Waals surface area contributed by atoms with E-state index in [1.807, 2.05) is 48.5 Å². The first-order chi connectivity index (χ1) is 10.9. The second-order valence-electron chi connectivity index (χ2n) is 5.10. The molecule has 0 aliphatic carbocycles. The van der Waals surface area contributed by atoms with Crippen molar-refractivity contribution in [3.63, 3.8) is 0 Å². The number of nitrogens with zero attached hydrogens (tertiary/aromatic N) is 1. The standard InChI is InChI=1S/C18H17NO3/c19-12-15(14-5-2-1-3-6-14)7-4-10-20-16-8-9-17-18(11-16)22-13-21-17/h1-3,5-6,8-9,11,15H,4,7,10,13H2. The predicted octanol–water partition coefficient (Wildman–Crippen LogP) is 3.88. The highest BCUT2D eigenvalue weighted by Crippen LogP contribution is 2.35. The van der Waals surface area contributed by atoms with Crippen LogP contribution >= 0.6 is 0 Å². The van der Waals surface area contributed by atoms with E-state index in [0.29, 0.717) is 6.61 Å². The molecule has 1 atom stereocenters. The van der Waals surface area contributed by atoms with Gasteiger partial charge in [-0.2, -0.15) is 5.26 Å². The van der Waals surface area contributed by atoms with Gasteiger partial charge in [-0.05, 0) is 30.5 Å². The van der Waals surface area contributed by atoms with Crippen molar-refractivity contribution in [1.29, 1.82) is 5.26 Å². The van der Waals surface area contributed by atoms with Gasteiger partial charge in [-0.1, -0.05) is 30.3 Å². The Morgan fingerprint density at radius 3 is 2.73 bits per heavy atom. The normalized spacial score (nSPS) is 13.4. The third kappa shape index (κ3) is 3.32. The molecule has 1 aliphatic rings. The van der Waals surface area contributed by atoms with Gasteiger partial charge in [0.25, 0.3) is 0 Å². The Bertz CT molecular complexity index is 664. The van der Waals surface area contributed by atoms with E-state index in [0.717, 1.165) is 35.7 Å². The van der Waals surface area contributed by atoms with E-state index in [2.05, 4.69) is 6.07 Å². The molecule has 22 heavy (non-hydrogen) atoms. The maximum Gasteiger partial charge on any atom is 0.231 e. The van der Waals surface area contributed by atoms with Crippen molar-refractivity contribution in [2.24, 2.45) is 0 Å². The molecule has 4 nitrogen and oxygen atoms in total. The summed E-state index contributed by atoms with van der Waals surface area (Å²) < 4.78 is 16.3. The van der Waals surface area contributed by atoms with E-state index in [1.165, 1.54) is 0 Å². The zero-order valence-corrected chi connectivity index (χ0v) is 12.2. The molecule has 0 saturated heterocycles. The largest absolute Gasteiger partial charge is 0.493 e. The predicted molar refractivity (Wildman–Crippen MR) is 82.1 cm³/mol. The van der Waals surface area contributed by atoms with Gasteiger partial charge in [-0.25, -0.2) is 0 Å². The fraction of sp³-hybridized carbons (Fsp3) is 0.278. The molecule has 1 aliphatic heterocycles. The molecule has 0 bridgehead atoms. The Labute approximate surface area is 129 Å². The van der Waals surface area contributed by atoms with E-state index in [9.17, 15) is 5.26 Å². The van der Waals surface area contributed by atoms with Crippen molar-refractivity contribution >= 4 is 0 Å². The van der Waals surface area contributed by atoms with Crippen molar-refractivity contribution in [3.05, 3.63) is 54.1 Å². The second kappa shape index (κ2) is 6.86. The second-order valence-corrected chi connectivity index (χ2v) is 5.10. The van der Waals surface area contributed by atoms with E-state index in [4.69, 9.17) is 14.2 Å². The minimum atomic E-state index is -0.0819. The average molecular weight is 295 g/mol. The SMILES string of the molecule is N#CC(CCCOc1ccc2c(c1)OCO2)c1ccccc1. The van der Waals surface area contributed by atoms with Gasteiger partial charge < -0.3 is 14.2 Å². The monoisotopic (exact) mass is 295 g/mol. The molecule has 1 heterocycles. The van der Waals surface area contributed by atoms with Crippen LogP contribution < -0.4 is 14.2 Å². The molecule has 2 aromatic rings. The van der Waals surface area contributed by atoms with Gasteiger partial charge in [0.1, 0.15) is 5.75 Å². The summed E-state index contributed by atoms with van der Waals surface area (Å²) in [6, 6.07) is 17.8. The zero-order chi connectivity index (χ0) is 15.2. The third-order valence-corrected chi connectivity index (χ3v) is 3.61. The summed E-state index contributed by atoms with van der Waals surface area (Å²) in [5.41, 5.74) is 1.06. The summed E-state index contributed by atoms with van der Waals surface area (Å²) in [5.74, 6) is 2.15. The number of hydrogen-bond acceptors (Lipinski definition) is 4. The minimum Gasteiger partial charge on any atom is -0.493 e. The van der Waals surface area contributed by atoms with Crippen molar-refractivity contribution in [2.45, 2.75) is 18.8 Å². The summed E-state index contributed by atoms with van der Waals surface area (Å²) in [4.78, 5) is 0. The van der Waals surface area contributed by atoms with Crippen LogP contribution in [0.1, 0.15) is 24.3 Å². The molecule has 0 N–H and O–H groups in total. The maximum atomic E-state index is 9.28. The molecule has 1 unspecified atom stereocenters. The summed E-state index contributed by atoms with van der Waals surface area (Å²) in [6.45, 7) is 0.838. The highest BCUT2D eigenvalue weighted by Gasteiger charge is 2.14. The van der Waals surface area contributed by atoms with E-state index in [-0.39, 0.29) is 12.7 Å². The molecular weight excluding hydrogens is 278 g/mol. The van der Waals surface area contributed by atoms with Gasteiger partial charge >= 0.3 is 0 Å². The lowest BCUT2D eigenvalue weighted by Gasteiger charge is -2.10. The number of rotatable bonds is 6. The fourth-order valence-corrected chi connectivity index (χ4v) is 2.44. The minimum absolute atomic E-state index is 0.0819. The number of fused-ring (bicyclic) bond motifs is 1. The van der Waals surface area contributed by atoms with Crippen molar-refractivity contribution in [2.75, 3.05) is 13.4 Å². The first-order valence-corrected chi connectivity index (χ1v) is 7.34. The Kier molecular flexibility index (Phi) is 4.45. The molecule has 0 amide bonds. The molecule has 0 fully saturated rings. The van der Waals surface area contributed by atoms with Crippen molar-refractivity contribution in [1.82, 2.24) is 0 Å². The quantitative estimate of drug-likeness (QED) is 0.759. The third-order valence-electron chi connectivity index (χ3n) is 3.61. The number of ether oxygens (including phenoxy) is 3. The average Bonchev–Trinajstić information content (AvgIpc) is 3.03. The van der Waals surface area contributed by atoms with Gasteiger partial charge in [0.05, 0.1) is 18.6 Å².